The number of likely N-dealkylation sites (tertiary alicyclic amines) is 1. The molecule has 2 saturated carbocycles. The molecule has 1 aliphatic heterocycles. The summed E-state index contributed by atoms with van der Waals surface area (Å²) in [6, 6.07) is 8.73. The number of aromatic nitrogens is 2. The van der Waals surface area contributed by atoms with Crippen LogP contribution in [0.15, 0.2) is 30.3 Å². The molecule has 1 aromatic heterocycles. The first kappa shape index (κ1) is 19.4. The highest BCUT2D eigenvalue weighted by atomic mass is 35.5. The molecular weight excluding hydrogens is 387 g/mol. The lowest BCUT2D eigenvalue weighted by atomic mass is 9.89. The molecule has 2 aliphatic carbocycles. The van der Waals surface area contributed by atoms with Crippen molar-refractivity contribution in [2.45, 2.75) is 44.7 Å². The van der Waals surface area contributed by atoms with E-state index in [0.717, 1.165) is 30.0 Å². The summed E-state index contributed by atoms with van der Waals surface area (Å²) in [6.07, 6.45) is 7.17. The molecule has 2 aromatic rings. The van der Waals surface area contributed by atoms with E-state index in [9.17, 15) is 4.39 Å². The number of piperidine rings is 1. The Kier molecular flexibility index (Phi) is 5.55. The molecular formula is C23H28ClFN4. The molecule has 3 fully saturated rings. The summed E-state index contributed by atoms with van der Waals surface area (Å²) in [6.45, 7) is 4.54. The van der Waals surface area contributed by atoms with E-state index < -0.39 is 0 Å². The fraction of sp³-hybridized carbons (Fsp3) is 0.565. The molecule has 4 nitrogen and oxygen atoms in total. The number of halogens is 2. The highest BCUT2D eigenvalue weighted by molar-refractivity contribution is 6.33. The van der Waals surface area contributed by atoms with Crippen molar-refractivity contribution in [2.24, 2.45) is 17.8 Å². The zero-order chi connectivity index (χ0) is 19.8. The average Bonchev–Trinajstić information content (AvgIpc) is 3.20. The smallest absolute Gasteiger partial charge is 0.123 e. The van der Waals surface area contributed by atoms with Crippen molar-refractivity contribution in [2.75, 3.05) is 19.6 Å². The van der Waals surface area contributed by atoms with Crippen LogP contribution < -0.4 is 5.32 Å². The van der Waals surface area contributed by atoms with Crippen LogP contribution in [0, 0.1) is 23.6 Å². The van der Waals surface area contributed by atoms with Crippen molar-refractivity contribution in [1.82, 2.24) is 20.4 Å². The number of nitrogens with one attached hydrogen (secondary N) is 1. The summed E-state index contributed by atoms with van der Waals surface area (Å²) < 4.78 is 13.5. The van der Waals surface area contributed by atoms with Gasteiger partial charge in [0.1, 0.15) is 5.82 Å². The molecule has 1 aromatic carbocycles. The van der Waals surface area contributed by atoms with Crippen molar-refractivity contribution >= 4 is 11.6 Å². The quantitative estimate of drug-likeness (QED) is 0.753. The Morgan fingerprint density at radius 1 is 1.03 bits per heavy atom. The zero-order valence-corrected chi connectivity index (χ0v) is 17.4. The lowest BCUT2D eigenvalue weighted by Crippen LogP contribution is -2.34. The second-order valence-electron chi connectivity index (χ2n) is 8.99. The standard InChI is InChI=1S/C23H28ClFN4/c24-21-8-6-16(25)10-18(21)22-9-7-17(27-28-22)11-26-23-19-13-29(14-20(19)23)12-15-4-2-1-3-5-15/h6-10,15,19-20,23,26H,1-5,11-14H2/t19-,20+,23?. The Morgan fingerprint density at radius 2 is 1.83 bits per heavy atom. The molecule has 3 atom stereocenters. The molecule has 0 amide bonds. The number of rotatable bonds is 6. The SMILES string of the molecule is Fc1ccc(Cl)c(-c2ccc(CNC3[C@H]4CN(CC5CCCCC5)C[C@@H]34)nn2)c1. The largest absolute Gasteiger partial charge is 0.308 e. The number of benzene rings is 1. The lowest BCUT2D eigenvalue weighted by Gasteiger charge is -2.28. The van der Waals surface area contributed by atoms with Crippen LogP contribution in [-0.4, -0.2) is 40.8 Å². The van der Waals surface area contributed by atoms with E-state index in [1.165, 1.54) is 63.9 Å². The summed E-state index contributed by atoms with van der Waals surface area (Å²) in [4.78, 5) is 2.70. The van der Waals surface area contributed by atoms with Gasteiger partial charge in [-0.25, -0.2) is 4.39 Å². The first-order chi connectivity index (χ1) is 14.2. The predicted octanol–water partition coefficient (Wildman–Crippen LogP) is 4.54. The van der Waals surface area contributed by atoms with Crippen LogP contribution in [0.5, 0.6) is 0 Å². The van der Waals surface area contributed by atoms with Crippen molar-refractivity contribution in [3.8, 4) is 11.3 Å². The third kappa shape index (κ3) is 4.32. The van der Waals surface area contributed by atoms with E-state index in [2.05, 4.69) is 20.4 Å². The molecule has 0 radical (unpaired) electrons. The van der Waals surface area contributed by atoms with E-state index in [0.29, 0.717) is 22.3 Å². The highest BCUT2D eigenvalue weighted by Crippen LogP contribution is 2.46. The molecule has 0 spiro atoms. The first-order valence-corrected chi connectivity index (χ1v) is 11.3. The second kappa shape index (κ2) is 8.29. The molecule has 154 valence electrons. The first-order valence-electron chi connectivity index (χ1n) is 10.9. The number of hydrogen-bond acceptors (Lipinski definition) is 4. The highest BCUT2D eigenvalue weighted by Gasteiger charge is 2.55. The van der Waals surface area contributed by atoms with E-state index in [1.807, 2.05) is 12.1 Å². The second-order valence-corrected chi connectivity index (χ2v) is 9.40. The minimum atomic E-state index is -0.324. The Labute approximate surface area is 176 Å². The van der Waals surface area contributed by atoms with Gasteiger partial charge in [0, 0.05) is 37.8 Å². The van der Waals surface area contributed by atoms with E-state index in [4.69, 9.17) is 11.6 Å². The molecule has 0 bridgehead atoms. The summed E-state index contributed by atoms with van der Waals surface area (Å²) >= 11 is 6.16. The Bertz CT molecular complexity index is 840. The summed E-state index contributed by atoms with van der Waals surface area (Å²) in [7, 11) is 0. The summed E-state index contributed by atoms with van der Waals surface area (Å²) in [5.41, 5.74) is 2.08. The lowest BCUT2D eigenvalue weighted by molar-refractivity contribution is 0.211. The maximum atomic E-state index is 13.5. The van der Waals surface area contributed by atoms with Crippen molar-refractivity contribution < 1.29 is 4.39 Å². The minimum Gasteiger partial charge on any atom is -0.308 e. The van der Waals surface area contributed by atoms with Gasteiger partial charge in [-0.05, 0) is 60.9 Å². The van der Waals surface area contributed by atoms with Crippen LogP contribution in [-0.2, 0) is 6.54 Å². The van der Waals surface area contributed by atoms with Gasteiger partial charge in [-0.3, -0.25) is 0 Å². The van der Waals surface area contributed by atoms with Crippen molar-refractivity contribution in [3.05, 3.63) is 46.9 Å². The Hall–Kier alpha value is -1.56. The van der Waals surface area contributed by atoms with Gasteiger partial charge >= 0.3 is 0 Å². The molecule has 6 heteroatoms. The minimum absolute atomic E-state index is 0.324. The van der Waals surface area contributed by atoms with Crippen LogP contribution in [0.1, 0.15) is 37.8 Å². The maximum Gasteiger partial charge on any atom is 0.123 e. The van der Waals surface area contributed by atoms with Crippen LogP contribution in [0.2, 0.25) is 5.02 Å². The van der Waals surface area contributed by atoms with Gasteiger partial charge in [-0.15, -0.1) is 0 Å². The van der Waals surface area contributed by atoms with E-state index in [1.54, 1.807) is 6.07 Å². The molecule has 5 rings (SSSR count). The van der Waals surface area contributed by atoms with Gasteiger partial charge in [0.2, 0.25) is 0 Å². The number of fused-ring (bicyclic) bond motifs is 1. The average molecular weight is 415 g/mol. The van der Waals surface area contributed by atoms with Crippen LogP contribution >= 0.6 is 11.6 Å². The Morgan fingerprint density at radius 3 is 2.55 bits per heavy atom. The van der Waals surface area contributed by atoms with Gasteiger partial charge in [-0.2, -0.15) is 10.2 Å². The van der Waals surface area contributed by atoms with Crippen molar-refractivity contribution in [3.63, 3.8) is 0 Å². The van der Waals surface area contributed by atoms with Crippen LogP contribution in [0.25, 0.3) is 11.3 Å². The third-order valence-electron chi connectivity index (χ3n) is 6.95. The summed E-state index contributed by atoms with van der Waals surface area (Å²) in [5.74, 6) is 2.22. The number of nitrogens with zero attached hydrogens (tertiary/aromatic N) is 3. The third-order valence-corrected chi connectivity index (χ3v) is 7.28. The Balaban J connectivity index is 1.10. The number of hydrogen-bond donors (Lipinski definition) is 1. The van der Waals surface area contributed by atoms with E-state index in [-0.39, 0.29) is 5.82 Å². The van der Waals surface area contributed by atoms with Crippen LogP contribution in [0.4, 0.5) is 4.39 Å². The van der Waals surface area contributed by atoms with Gasteiger partial charge in [0.15, 0.2) is 0 Å². The molecule has 1 unspecified atom stereocenters. The van der Waals surface area contributed by atoms with Gasteiger partial charge < -0.3 is 10.2 Å². The van der Waals surface area contributed by atoms with Crippen LogP contribution in [0.3, 0.4) is 0 Å². The zero-order valence-electron chi connectivity index (χ0n) is 16.7. The normalized spacial score (nSPS) is 27.2. The fourth-order valence-electron chi connectivity index (χ4n) is 5.31. The predicted molar refractivity (Wildman–Crippen MR) is 113 cm³/mol. The molecule has 29 heavy (non-hydrogen) atoms. The summed E-state index contributed by atoms with van der Waals surface area (Å²) in [5, 5.41) is 12.7. The molecule has 1 saturated heterocycles. The van der Waals surface area contributed by atoms with Gasteiger partial charge in [0.25, 0.3) is 0 Å². The fourth-order valence-corrected chi connectivity index (χ4v) is 5.53. The maximum absolute atomic E-state index is 13.5. The molecule has 3 aliphatic rings. The van der Waals surface area contributed by atoms with E-state index >= 15 is 0 Å². The van der Waals surface area contributed by atoms with Gasteiger partial charge in [-0.1, -0.05) is 30.9 Å². The topological polar surface area (TPSA) is 41.0 Å². The molecule has 2 heterocycles. The molecule has 1 N–H and O–H groups in total. The van der Waals surface area contributed by atoms with Crippen molar-refractivity contribution in [1.29, 1.82) is 0 Å². The monoisotopic (exact) mass is 414 g/mol. The van der Waals surface area contributed by atoms with Gasteiger partial charge in [0.05, 0.1) is 16.4 Å².